The van der Waals surface area contributed by atoms with Gasteiger partial charge in [-0.2, -0.15) is 0 Å². The van der Waals surface area contributed by atoms with Crippen molar-refractivity contribution in [2.75, 3.05) is 44.0 Å². The van der Waals surface area contributed by atoms with Gasteiger partial charge in [-0.05, 0) is 29.1 Å². The number of carbonyl (C=O) groups excluding carboxylic acids is 2. The van der Waals surface area contributed by atoms with Crippen molar-refractivity contribution in [2.24, 2.45) is 0 Å². The van der Waals surface area contributed by atoms with Crippen LogP contribution >= 0.6 is 23.1 Å². The van der Waals surface area contributed by atoms with E-state index in [9.17, 15) is 9.59 Å². The second-order valence-electron chi connectivity index (χ2n) is 6.90. The molecule has 1 saturated heterocycles. The van der Waals surface area contributed by atoms with Crippen molar-refractivity contribution in [3.05, 3.63) is 47.6 Å². The lowest BCUT2D eigenvalue weighted by Crippen LogP contribution is -2.35. The third-order valence-electron chi connectivity index (χ3n) is 4.66. The van der Waals surface area contributed by atoms with E-state index in [1.54, 1.807) is 0 Å². The zero-order valence-corrected chi connectivity index (χ0v) is 18.4. The molecular weight excluding hydrogens is 436 g/mol. The maximum absolute atomic E-state index is 12.1. The number of morpholine rings is 1. The number of carbonyl (C=O) groups is 2. The van der Waals surface area contributed by atoms with Crippen LogP contribution in [0.2, 0.25) is 0 Å². The first kappa shape index (κ1) is 21.7. The lowest BCUT2D eigenvalue weighted by molar-refractivity contribution is -0.144. The van der Waals surface area contributed by atoms with E-state index in [1.165, 1.54) is 35.0 Å². The Kier molecular flexibility index (Phi) is 7.47. The number of hydrogen-bond donors (Lipinski definition) is 1. The number of nitrogens with one attached hydrogen (secondary N) is 1. The molecule has 1 aromatic carbocycles. The number of benzene rings is 1. The average molecular weight is 459 g/mol. The summed E-state index contributed by atoms with van der Waals surface area (Å²) in [4.78, 5) is 35.7. The standard InChI is InChI=1S/C21H22N4O4S2/c26-18(24-16-3-1-15(2-4-16)11-25-6-8-28-9-7-25)12-29-19(27)13-31-21-17-5-10-30-20(17)22-14-23-21/h1-5,10,14H,6-9,11-13H2,(H,24,26). The van der Waals surface area contributed by atoms with Gasteiger partial charge in [-0.1, -0.05) is 23.9 Å². The number of nitrogens with zero attached hydrogens (tertiary/aromatic N) is 3. The highest BCUT2D eigenvalue weighted by Gasteiger charge is 2.13. The first-order chi connectivity index (χ1) is 15.2. The first-order valence-corrected chi connectivity index (χ1v) is 11.7. The molecule has 1 aliphatic heterocycles. The van der Waals surface area contributed by atoms with Crippen LogP contribution in [0.1, 0.15) is 5.56 Å². The van der Waals surface area contributed by atoms with Gasteiger partial charge in [0, 0.05) is 30.7 Å². The lowest BCUT2D eigenvalue weighted by Gasteiger charge is -2.26. The Morgan fingerprint density at radius 3 is 2.77 bits per heavy atom. The van der Waals surface area contributed by atoms with Crippen LogP contribution in [-0.2, 0) is 25.6 Å². The van der Waals surface area contributed by atoms with Crippen molar-refractivity contribution in [3.8, 4) is 0 Å². The van der Waals surface area contributed by atoms with E-state index >= 15 is 0 Å². The molecule has 1 aliphatic rings. The van der Waals surface area contributed by atoms with Gasteiger partial charge in [0.1, 0.15) is 16.2 Å². The number of thioether (sulfide) groups is 1. The van der Waals surface area contributed by atoms with E-state index in [2.05, 4.69) is 20.2 Å². The number of fused-ring (bicyclic) bond motifs is 1. The average Bonchev–Trinajstić information content (AvgIpc) is 3.28. The Morgan fingerprint density at radius 1 is 1.16 bits per heavy atom. The lowest BCUT2D eigenvalue weighted by atomic mass is 10.2. The number of thiophene rings is 1. The summed E-state index contributed by atoms with van der Waals surface area (Å²) in [6.45, 7) is 3.92. The van der Waals surface area contributed by atoms with Gasteiger partial charge in [0.05, 0.1) is 19.0 Å². The molecule has 0 unspecified atom stereocenters. The van der Waals surface area contributed by atoms with Crippen molar-refractivity contribution in [1.29, 1.82) is 0 Å². The number of amides is 1. The third-order valence-corrected chi connectivity index (χ3v) is 6.46. The maximum atomic E-state index is 12.1. The van der Waals surface area contributed by atoms with Crippen LogP contribution in [0, 0.1) is 0 Å². The highest BCUT2D eigenvalue weighted by molar-refractivity contribution is 8.00. The molecule has 0 aliphatic carbocycles. The van der Waals surface area contributed by atoms with Gasteiger partial charge in [0.2, 0.25) is 0 Å². The van der Waals surface area contributed by atoms with E-state index in [4.69, 9.17) is 9.47 Å². The summed E-state index contributed by atoms with van der Waals surface area (Å²) in [6, 6.07) is 9.60. The topological polar surface area (TPSA) is 93.7 Å². The molecule has 1 N–H and O–H groups in total. The summed E-state index contributed by atoms with van der Waals surface area (Å²) in [7, 11) is 0. The summed E-state index contributed by atoms with van der Waals surface area (Å²) in [5.74, 6) is -0.768. The highest BCUT2D eigenvalue weighted by atomic mass is 32.2. The number of ether oxygens (including phenoxy) is 2. The highest BCUT2D eigenvalue weighted by Crippen LogP contribution is 2.27. The minimum absolute atomic E-state index is 0.0749. The van der Waals surface area contributed by atoms with Gasteiger partial charge in [0.15, 0.2) is 6.61 Å². The molecule has 162 valence electrons. The molecule has 0 saturated carbocycles. The van der Waals surface area contributed by atoms with Gasteiger partial charge in [-0.25, -0.2) is 9.97 Å². The summed E-state index contributed by atoms with van der Waals surface area (Å²) in [5, 5.41) is 6.32. The van der Waals surface area contributed by atoms with Gasteiger partial charge < -0.3 is 14.8 Å². The number of anilines is 1. The molecule has 1 amide bonds. The molecule has 0 spiro atoms. The van der Waals surface area contributed by atoms with Crippen molar-refractivity contribution >= 4 is 50.9 Å². The number of rotatable bonds is 8. The zero-order chi connectivity index (χ0) is 21.5. The fourth-order valence-electron chi connectivity index (χ4n) is 3.11. The first-order valence-electron chi connectivity index (χ1n) is 9.83. The molecule has 0 atom stereocenters. The Hall–Kier alpha value is -2.53. The Labute approximate surface area is 188 Å². The van der Waals surface area contributed by atoms with Crippen molar-refractivity contribution in [2.45, 2.75) is 11.6 Å². The molecule has 31 heavy (non-hydrogen) atoms. The van der Waals surface area contributed by atoms with Crippen LogP contribution in [-0.4, -0.2) is 65.4 Å². The predicted molar refractivity (Wildman–Crippen MR) is 120 cm³/mol. The molecule has 4 rings (SSSR count). The minimum atomic E-state index is -0.469. The molecular formula is C21H22N4O4S2. The summed E-state index contributed by atoms with van der Waals surface area (Å²) in [6.07, 6.45) is 1.48. The van der Waals surface area contributed by atoms with Crippen LogP contribution in [0.15, 0.2) is 47.1 Å². The van der Waals surface area contributed by atoms with Crippen molar-refractivity contribution in [3.63, 3.8) is 0 Å². The van der Waals surface area contributed by atoms with E-state index in [-0.39, 0.29) is 18.3 Å². The predicted octanol–water partition coefficient (Wildman–Crippen LogP) is 2.80. The van der Waals surface area contributed by atoms with Crippen molar-refractivity contribution in [1.82, 2.24) is 14.9 Å². The van der Waals surface area contributed by atoms with Gasteiger partial charge in [-0.15, -0.1) is 11.3 Å². The molecule has 0 bridgehead atoms. The van der Waals surface area contributed by atoms with Crippen LogP contribution in [0.5, 0.6) is 0 Å². The second kappa shape index (κ2) is 10.7. The van der Waals surface area contributed by atoms with Crippen LogP contribution in [0.4, 0.5) is 5.69 Å². The van der Waals surface area contributed by atoms with E-state index in [0.717, 1.165) is 48.1 Å². The maximum Gasteiger partial charge on any atom is 0.316 e. The summed E-state index contributed by atoms with van der Waals surface area (Å²) < 4.78 is 10.4. The van der Waals surface area contributed by atoms with Crippen LogP contribution in [0.25, 0.3) is 10.2 Å². The van der Waals surface area contributed by atoms with Gasteiger partial charge in [-0.3, -0.25) is 14.5 Å². The van der Waals surface area contributed by atoms with Crippen LogP contribution in [0.3, 0.4) is 0 Å². The molecule has 8 nitrogen and oxygen atoms in total. The van der Waals surface area contributed by atoms with Crippen molar-refractivity contribution < 1.29 is 19.1 Å². The molecule has 3 aromatic rings. The van der Waals surface area contributed by atoms with E-state index < -0.39 is 5.97 Å². The Morgan fingerprint density at radius 2 is 1.97 bits per heavy atom. The summed E-state index contributed by atoms with van der Waals surface area (Å²) >= 11 is 2.79. The zero-order valence-electron chi connectivity index (χ0n) is 16.8. The molecule has 3 heterocycles. The second-order valence-corrected chi connectivity index (χ2v) is 8.76. The smallest absolute Gasteiger partial charge is 0.316 e. The fraction of sp³-hybridized carbons (Fsp3) is 0.333. The monoisotopic (exact) mass is 458 g/mol. The number of esters is 1. The Balaban J connectivity index is 1.19. The Bertz CT molecular complexity index is 1040. The molecule has 0 radical (unpaired) electrons. The SMILES string of the molecule is O=C(COC(=O)CSc1ncnc2sccc12)Nc1ccc(CN2CCOCC2)cc1. The van der Waals surface area contributed by atoms with E-state index in [1.807, 2.05) is 35.7 Å². The molecule has 2 aromatic heterocycles. The number of hydrogen-bond acceptors (Lipinski definition) is 9. The normalized spacial score (nSPS) is 14.5. The quantitative estimate of drug-likeness (QED) is 0.313. The van der Waals surface area contributed by atoms with Crippen LogP contribution < -0.4 is 5.32 Å². The van der Waals surface area contributed by atoms with E-state index in [0.29, 0.717) is 5.69 Å². The molecule has 10 heteroatoms. The van der Waals surface area contributed by atoms with Gasteiger partial charge >= 0.3 is 5.97 Å². The fourth-order valence-corrected chi connectivity index (χ4v) is 4.68. The number of aromatic nitrogens is 2. The minimum Gasteiger partial charge on any atom is -0.455 e. The van der Waals surface area contributed by atoms with Gasteiger partial charge in [0.25, 0.3) is 5.91 Å². The molecule has 1 fully saturated rings. The third kappa shape index (κ3) is 6.23. The summed E-state index contributed by atoms with van der Waals surface area (Å²) in [5.41, 5.74) is 1.84. The largest absolute Gasteiger partial charge is 0.455 e.